The Hall–Kier alpha value is -0.0400. The molecule has 0 heterocycles. The first-order valence-corrected chi connectivity index (χ1v) is 8.33. The van der Waals surface area contributed by atoms with Gasteiger partial charge in [0, 0.05) is 0 Å². The van der Waals surface area contributed by atoms with Crippen LogP contribution in [0.15, 0.2) is 0 Å². The summed E-state index contributed by atoms with van der Waals surface area (Å²) in [5, 5.41) is 10.5. The Balaban J connectivity index is 1.62. The first-order valence-electron chi connectivity index (χ1n) is 8.33. The number of aliphatic hydroxyl groups is 1. The van der Waals surface area contributed by atoms with Crippen molar-refractivity contribution < 1.29 is 5.11 Å². The fraction of sp³-hybridized carbons (Fsp3) is 1.00. The molecule has 0 aromatic heterocycles. The predicted octanol–water partition coefficient (Wildman–Crippen LogP) is 4.00. The highest BCUT2D eigenvalue weighted by Crippen LogP contribution is 2.64. The van der Waals surface area contributed by atoms with Crippen molar-refractivity contribution in [3.05, 3.63) is 0 Å². The van der Waals surface area contributed by atoms with Crippen LogP contribution >= 0.6 is 0 Å². The molecule has 0 unspecified atom stereocenters. The zero-order valence-electron chi connectivity index (χ0n) is 11.8. The molecule has 0 aromatic carbocycles. The zero-order valence-corrected chi connectivity index (χ0v) is 11.8. The van der Waals surface area contributed by atoms with Gasteiger partial charge in [-0.15, -0.1) is 0 Å². The Morgan fingerprint density at radius 1 is 0.833 bits per heavy atom. The molecule has 0 amide bonds. The number of hydrogen-bond donors (Lipinski definition) is 1. The normalized spacial score (nSPS) is 59.0. The van der Waals surface area contributed by atoms with Crippen molar-refractivity contribution in [2.45, 2.75) is 70.8 Å². The fourth-order valence-corrected chi connectivity index (χ4v) is 6.65. The van der Waals surface area contributed by atoms with Gasteiger partial charge in [-0.3, -0.25) is 0 Å². The molecule has 5 aliphatic rings. The van der Waals surface area contributed by atoms with E-state index in [1.165, 1.54) is 51.4 Å². The standard InChI is InChI=1S/C17H28O/c1-11-2-3-16(18)15(4-11)17-8-12-5-13(9-17)7-14(6-12)10-17/h11-16,18H,2-10H2,1H3/t11-,12?,13?,14?,15-,16+,17?/m1/s1. The fourth-order valence-electron chi connectivity index (χ4n) is 6.65. The van der Waals surface area contributed by atoms with Gasteiger partial charge in [0.1, 0.15) is 0 Å². The summed E-state index contributed by atoms with van der Waals surface area (Å²) in [4.78, 5) is 0. The van der Waals surface area contributed by atoms with Gasteiger partial charge in [-0.1, -0.05) is 6.92 Å². The third kappa shape index (κ3) is 1.69. The van der Waals surface area contributed by atoms with Crippen LogP contribution in [0.1, 0.15) is 64.7 Å². The molecule has 0 aromatic rings. The highest BCUT2D eigenvalue weighted by Gasteiger charge is 2.55. The second-order valence-corrected chi connectivity index (χ2v) is 8.37. The van der Waals surface area contributed by atoms with Gasteiger partial charge in [0.25, 0.3) is 0 Å². The van der Waals surface area contributed by atoms with Crippen LogP contribution < -0.4 is 0 Å². The largest absolute Gasteiger partial charge is 0.393 e. The summed E-state index contributed by atoms with van der Waals surface area (Å²) in [6.07, 6.45) is 12.6. The summed E-state index contributed by atoms with van der Waals surface area (Å²) in [6, 6.07) is 0. The summed E-state index contributed by atoms with van der Waals surface area (Å²) in [5.41, 5.74) is 0.572. The average Bonchev–Trinajstić information content (AvgIpc) is 2.30. The maximum atomic E-state index is 10.5. The van der Waals surface area contributed by atoms with Gasteiger partial charge in [-0.05, 0) is 92.8 Å². The van der Waals surface area contributed by atoms with Crippen LogP contribution in [0.3, 0.4) is 0 Å². The van der Waals surface area contributed by atoms with E-state index in [1.807, 2.05) is 0 Å². The number of hydrogen-bond acceptors (Lipinski definition) is 1. The zero-order chi connectivity index (χ0) is 12.3. The molecule has 1 heteroatoms. The first-order chi connectivity index (χ1) is 8.64. The molecule has 5 rings (SSSR count). The molecule has 3 atom stereocenters. The maximum absolute atomic E-state index is 10.5. The van der Waals surface area contributed by atoms with E-state index < -0.39 is 0 Å². The number of aliphatic hydroxyl groups excluding tert-OH is 1. The molecule has 1 N–H and O–H groups in total. The van der Waals surface area contributed by atoms with E-state index >= 15 is 0 Å². The van der Waals surface area contributed by atoms with E-state index in [9.17, 15) is 5.11 Å². The minimum atomic E-state index is 0.0254. The van der Waals surface area contributed by atoms with Crippen molar-refractivity contribution in [3.63, 3.8) is 0 Å². The van der Waals surface area contributed by atoms with Crippen LogP contribution in [0.5, 0.6) is 0 Å². The lowest BCUT2D eigenvalue weighted by Crippen LogP contribution is -2.53. The molecule has 5 fully saturated rings. The molecule has 18 heavy (non-hydrogen) atoms. The lowest BCUT2D eigenvalue weighted by molar-refractivity contribution is -0.132. The Morgan fingerprint density at radius 3 is 1.94 bits per heavy atom. The second-order valence-electron chi connectivity index (χ2n) is 8.37. The van der Waals surface area contributed by atoms with E-state index in [2.05, 4.69) is 6.92 Å². The molecule has 5 aliphatic carbocycles. The Labute approximate surface area is 111 Å². The van der Waals surface area contributed by atoms with Crippen LogP contribution in [0.25, 0.3) is 0 Å². The first kappa shape index (κ1) is 11.8. The third-order valence-corrected chi connectivity index (χ3v) is 6.95. The van der Waals surface area contributed by atoms with Crippen LogP contribution in [-0.2, 0) is 0 Å². The van der Waals surface area contributed by atoms with Crippen molar-refractivity contribution in [2.75, 3.05) is 0 Å². The van der Waals surface area contributed by atoms with E-state index in [-0.39, 0.29) is 6.10 Å². The van der Waals surface area contributed by atoms with Crippen LogP contribution in [-0.4, -0.2) is 11.2 Å². The molecule has 4 bridgehead atoms. The SMILES string of the molecule is C[C@@H]1CC[C@H](O)[C@H](C23CC4CC(CC(C4)C2)C3)C1. The Morgan fingerprint density at radius 2 is 1.39 bits per heavy atom. The van der Waals surface area contributed by atoms with Crippen molar-refractivity contribution in [3.8, 4) is 0 Å². The molecule has 0 radical (unpaired) electrons. The van der Waals surface area contributed by atoms with Crippen LogP contribution in [0.2, 0.25) is 0 Å². The van der Waals surface area contributed by atoms with Gasteiger partial charge in [-0.25, -0.2) is 0 Å². The lowest BCUT2D eigenvalue weighted by Gasteiger charge is -2.61. The smallest absolute Gasteiger partial charge is 0.0573 e. The van der Waals surface area contributed by atoms with Crippen LogP contribution in [0, 0.1) is 35.0 Å². The van der Waals surface area contributed by atoms with Gasteiger partial charge >= 0.3 is 0 Å². The highest BCUT2D eigenvalue weighted by atomic mass is 16.3. The van der Waals surface area contributed by atoms with Crippen LogP contribution in [0.4, 0.5) is 0 Å². The Kier molecular flexibility index (Phi) is 2.60. The molecular weight excluding hydrogens is 220 g/mol. The van der Waals surface area contributed by atoms with Crippen molar-refractivity contribution >= 4 is 0 Å². The Bertz CT molecular complexity index is 299. The lowest BCUT2D eigenvalue weighted by atomic mass is 9.44. The topological polar surface area (TPSA) is 20.2 Å². The summed E-state index contributed by atoms with van der Waals surface area (Å²) in [7, 11) is 0. The highest BCUT2D eigenvalue weighted by molar-refractivity contribution is 5.06. The van der Waals surface area contributed by atoms with E-state index in [0.717, 1.165) is 30.1 Å². The van der Waals surface area contributed by atoms with Gasteiger partial charge in [0.2, 0.25) is 0 Å². The monoisotopic (exact) mass is 248 g/mol. The van der Waals surface area contributed by atoms with E-state index in [0.29, 0.717) is 11.3 Å². The van der Waals surface area contributed by atoms with Gasteiger partial charge < -0.3 is 5.11 Å². The van der Waals surface area contributed by atoms with Crippen molar-refractivity contribution in [1.82, 2.24) is 0 Å². The molecule has 0 spiro atoms. The minimum Gasteiger partial charge on any atom is -0.393 e. The van der Waals surface area contributed by atoms with Crippen molar-refractivity contribution in [1.29, 1.82) is 0 Å². The number of rotatable bonds is 1. The van der Waals surface area contributed by atoms with E-state index in [4.69, 9.17) is 0 Å². The molecule has 1 nitrogen and oxygen atoms in total. The summed E-state index contributed by atoms with van der Waals surface area (Å²) >= 11 is 0. The molecule has 0 aliphatic heterocycles. The summed E-state index contributed by atoms with van der Waals surface area (Å²) in [5.74, 6) is 4.59. The summed E-state index contributed by atoms with van der Waals surface area (Å²) in [6.45, 7) is 2.40. The molecule has 0 saturated heterocycles. The summed E-state index contributed by atoms with van der Waals surface area (Å²) < 4.78 is 0. The van der Waals surface area contributed by atoms with Gasteiger partial charge in [0.05, 0.1) is 6.10 Å². The minimum absolute atomic E-state index is 0.0254. The van der Waals surface area contributed by atoms with Gasteiger partial charge in [-0.2, -0.15) is 0 Å². The van der Waals surface area contributed by atoms with E-state index in [1.54, 1.807) is 0 Å². The molecular formula is C17H28O. The third-order valence-electron chi connectivity index (χ3n) is 6.95. The second kappa shape index (κ2) is 3.98. The predicted molar refractivity (Wildman–Crippen MR) is 73.1 cm³/mol. The van der Waals surface area contributed by atoms with Gasteiger partial charge in [0.15, 0.2) is 0 Å². The average molecular weight is 248 g/mol. The molecule has 102 valence electrons. The quantitative estimate of drug-likeness (QED) is 0.743. The van der Waals surface area contributed by atoms with Crippen molar-refractivity contribution in [2.24, 2.45) is 35.0 Å². The molecule has 5 saturated carbocycles. The maximum Gasteiger partial charge on any atom is 0.0573 e.